The maximum atomic E-state index is 11.3. The normalized spacial score (nSPS) is 24.9. The summed E-state index contributed by atoms with van der Waals surface area (Å²) >= 11 is 0. The number of aliphatic hydroxyl groups is 1. The van der Waals surface area contributed by atoms with E-state index in [-0.39, 0.29) is 0 Å². The number of β-amino-alcohol motifs (C(OH)–C–C–N with tert-alkyl or cyclic N) is 1. The molecule has 2 fully saturated rings. The van der Waals surface area contributed by atoms with E-state index < -0.39 is 5.60 Å². The molecule has 2 aromatic carbocycles. The molecule has 0 bridgehead atoms. The van der Waals surface area contributed by atoms with Gasteiger partial charge in [-0.05, 0) is 48.3 Å². The Balaban J connectivity index is 1.56. The molecule has 2 aliphatic rings. The van der Waals surface area contributed by atoms with E-state index in [1.54, 1.807) is 0 Å². The van der Waals surface area contributed by atoms with Gasteiger partial charge in [0.2, 0.25) is 0 Å². The Bertz CT molecular complexity index is 665. The standard InChI is InChI=1S/C21H25NO/c23-21(12-13-22(16-21)15-18-10-11-18)20-9-5-4-8-19(20)14-17-6-2-1-3-7-17/h1-9,18,23H,10-16H2. The van der Waals surface area contributed by atoms with Crippen LogP contribution < -0.4 is 0 Å². The molecule has 1 heterocycles. The number of nitrogens with zero attached hydrogens (tertiary/aromatic N) is 1. The number of hydrogen-bond acceptors (Lipinski definition) is 2. The van der Waals surface area contributed by atoms with Crippen LogP contribution in [0.1, 0.15) is 36.0 Å². The zero-order valence-corrected chi connectivity index (χ0v) is 13.6. The lowest BCUT2D eigenvalue weighted by molar-refractivity contribution is 0.0449. The number of benzene rings is 2. The Hall–Kier alpha value is -1.64. The molecule has 1 aliphatic carbocycles. The van der Waals surface area contributed by atoms with Gasteiger partial charge >= 0.3 is 0 Å². The molecule has 1 saturated heterocycles. The summed E-state index contributed by atoms with van der Waals surface area (Å²) in [4.78, 5) is 2.46. The van der Waals surface area contributed by atoms with Gasteiger partial charge in [0, 0.05) is 19.6 Å². The first-order chi connectivity index (χ1) is 11.2. The first kappa shape index (κ1) is 14.9. The van der Waals surface area contributed by atoms with Gasteiger partial charge in [-0.2, -0.15) is 0 Å². The summed E-state index contributed by atoms with van der Waals surface area (Å²) in [5, 5.41) is 11.3. The third kappa shape index (κ3) is 3.34. The minimum atomic E-state index is -0.680. The summed E-state index contributed by atoms with van der Waals surface area (Å²) in [6.07, 6.45) is 4.49. The second-order valence-corrected chi connectivity index (χ2v) is 7.28. The molecular weight excluding hydrogens is 282 g/mol. The number of rotatable bonds is 5. The van der Waals surface area contributed by atoms with Crippen LogP contribution in [0.3, 0.4) is 0 Å². The Kier molecular flexibility index (Phi) is 3.96. The van der Waals surface area contributed by atoms with Crippen LogP contribution in [-0.2, 0) is 12.0 Å². The summed E-state index contributed by atoms with van der Waals surface area (Å²) < 4.78 is 0. The summed E-state index contributed by atoms with van der Waals surface area (Å²) in [5.74, 6) is 0.886. The SMILES string of the molecule is OC1(c2ccccc2Cc2ccccc2)CCN(CC2CC2)C1. The molecule has 0 aromatic heterocycles. The molecule has 1 atom stereocenters. The number of likely N-dealkylation sites (tertiary alicyclic amines) is 1. The average Bonchev–Trinajstić information content (AvgIpc) is 3.30. The molecule has 1 aliphatic heterocycles. The smallest absolute Gasteiger partial charge is 0.104 e. The molecule has 2 heteroatoms. The van der Waals surface area contributed by atoms with Crippen LogP contribution in [-0.4, -0.2) is 29.6 Å². The van der Waals surface area contributed by atoms with E-state index >= 15 is 0 Å². The van der Waals surface area contributed by atoms with Crippen LogP contribution in [0.5, 0.6) is 0 Å². The molecule has 0 radical (unpaired) electrons. The van der Waals surface area contributed by atoms with E-state index in [2.05, 4.69) is 59.5 Å². The van der Waals surface area contributed by atoms with Gasteiger partial charge in [-0.1, -0.05) is 54.6 Å². The first-order valence-electron chi connectivity index (χ1n) is 8.80. The predicted molar refractivity (Wildman–Crippen MR) is 93.4 cm³/mol. The maximum absolute atomic E-state index is 11.3. The highest BCUT2D eigenvalue weighted by Crippen LogP contribution is 2.37. The minimum absolute atomic E-state index is 0.680. The van der Waals surface area contributed by atoms with E-state index in [1.165, 1.54) is 30.5 Å². The molecule has 1 unspecified atom stereocenters. The van der Waals surface area contributed by atoms with Crippen molar-refractivity contribution in [1.29, 1.82) is 0 Å². The second-order valence-electron chi connectivity index (χ2n) is 7.28. The number of hydrogen-bond donors (Lipinski definition) is 1. The lowest BCUT2D eigenvalue weighted by Gasteiger charge is -2.27. The van der Waals surface area contributed by atoms with Crippen LogP contribution in [0.25, 0.3) is 0 Å². The zero-order chi connectivity index (χ0) is 15.7. The average molecular weight is 307 g/mol. The summed E-state index contributed by atoms with van der Waals surface area (Å²) in [7, 11) is 0. The minimum Gasteiger partial charge on any atom is -0.384 e. The van der Waals surface area contributed by atoms with Crippen molar-refractivity contribution in [2.45, 2.75) is 31.3 Å². The zero-order valence-electron chi connectivity index (χ0n) is 13.6. The fourth-order valence-corrected chi connectivity index (χ4v) is 3.86. The van der Waals surface area contributed by atoms with Crippen LogP contribution in [0.15, 0.2) is 54.6 Å². The highest BCUT2D eigenvalue weighted by molar-refractivity contribution is 5.37. The molecule has 23 heavy (non-hydrogen) atoms. The fraction of sp³-hybridized carbons (Fsp3) is 0.429. The molecule has 0 amide bonds. The summed E-state index contributed by atoms with van der Waals surface area (Å²) in [6, 6.07) is 19.0. The summed E-state index contributed by atoms with van der Waals surface area (Å²) in [6.45, 7) is 2.98. The van der Waals surface area contributed by atoms with Gasteiger partial charge in [0.15, 0.2) is 0 Å². The van der Waals surface area contributed by atoms with Crippen molar-refractivity contribution in [3.8, 4) is 0 Å². The van der Waals surface area contributed by atoms with Gasteiger partial charge in [0.1, 0.15) is 5.60 Å². The monoisotopic (exact) mass is 307 g/mol. The molecule has 2 nitrogen and oxygen atoms in total. The van der Waals surface area contributed by atoms with Crippen molar-refractivity contribution in [2.75, 3.05) is 19.6 Å². The Labute approximate surface area is 138 Å². The van der Waals surface area contributed by atoms with Crippen molar-refractivity contribution < 1.29 is 5.11 Å². The van der Waals surface area contributed by atoms with E-state index in [0.717, 1.165) is 37.4 Å². The van der Waals surface area contributed by atoms with Crippen molar-refractivity contribution in [2.24, 2.45) is 5.92 Å². The molecule has 1 N–H and O–H groups in total. The Morgan fingerprint density at radius 3 is 2.52 bits per heavy atom. The van der Waals surface area contributed by atoms with E-state index in [4.69, 9.17) is 0 Å². The van der Waals surface area contributed by atoms with E-state index in [1.807, 2.05) is 0 Å². The summed E-state index contributed by atoms with van der Waals surface area (Å²) in [5.41, 5.74) is 3.01. The molecule has 1 saturated carbocycles. The van der Waals surface area contributed by atoms with Gasteiger partial charge in [-0.25, -0.2) is 0 Å². The lowest BCUT2D eigenvalue weighted by Crippen LogP contribution is -2.32. The topological polar surface area (TPSA) is 23.5 Å². The van der Waals surface area contributed by atoms with Gasteiger partial charge in [0.25, 0.3) is 0 Å². The largest absolute Gasteiger partial charge is 0.384 e. The van der Waals surface area contributed by atoms with Gasteiger partial charge < -0.3 is 5.11 Å². The van der Waals surface area contributed by atoms with Crippen molar-refractivity contribution in [3.63, 3.8) is 0 Å². The third-order valence-corrected chi connectivity index (χ3v) is 5.30. The predicted octanol–water partition coefficient (Wildman–Crippen LogP) is 3.58. The molecule has 2 aromatic rings. The van der Waals surface area contributed by atoms with Crippen molar-refractivity contribution >= 4 is 0 Å². The maximum Gasteiger partial charge on any atom is 0.104 e. The molecule has 4 rings (SSSR count). The van der Waals surface area contributed by atoms with E-state index in [0.29, 0.717) is 0 Å². The van der Waals surface area contributed by atoms with Gasteiger partial charge in [-0.15, -0.1) is 0 Å². The van der Waals surface area contributed by atoms with Gasteiger partial charge in [0.05, 0.1) is 0 Å². The Morgan fingerprint density at radius 1 is 1.00 bits per heavy atom. The molecular formula is C21H25NO. The van der Waals surface area contributed by atoms with Crippen LogP contribution in [0, 0.1) is 5.92 Å². The third-order valence-electron chi connectivity index (χ3n) is 5.30. The van der Waals surface area contributed by atoms with Crippen molar-refractivity contribution in [1.82, 2.24) is 4.90 Å². The highest BCUT2D eigenvalue weighted by Gasteiger charge is 2.40. The highest BCUT2D eigenvalue weighted by atomic mass is 16.3. The quantitative estimate of drug-likeness (QED) is 0.912. The van der Waals surface area contributed by atoms with E-state index in [9.17, 15) is 5.11 Å². The lowest BCUT2D eigenvalue weighted by atomic mass is 9.87. The second kappa shape index (κ2) is 6.10. The fourth-order valence-electron chi connectivity index (χ4n) is 3.86. The molecule has 120 valence electrons. The van der Waals surface area contributed by atoms with Crippen molar-refractivity contribution in [3.05, 3.63) is 71.3 Å². The molecule has 0 spiro atoms. The first-order valence-corrected chi connectivity index (χ1v) is 8.80. The Morgan fingerprint density at radius 2 is 1.74 bits per heavy atom. The van der Waals surface area contributed by atoms with Crippen LogP contribution >= 0.6 is 0 Å². The van der Waals surface area contributed by atoms with Crippen LogP contribution in [0.2, 0.25) is 0 Å². The van der Waals surface area contributed by atoms with Crippen LogP contribution in [0.4, 0.5) is 0 Å². The van der Waals surface area contributed by atoms with Gasteiger partial charge in [-0.3, -0.25) is 4.90 Å².